The van der Waals surface area contributed by atoms with Gasteiger partial charge in [0.1, 0.15) is 6.61 Å². The summed E-state index contributed by atoms with van der Waals surface area (Å²) in [5.41, 5.74) is 1.37. The first kappa shape index (κ1) is 17.2. The van der Waals surface area contributed by atoms with Crippen molar-refractivity contribution in [2.24, 2.45) is 0 Å². The fourth-order valence-electron chi connectivity index (χ4n) is 2.35. The van der Waals surface area contributed by atoms with Gasteiger partial charge < -0.3 is 4.74 Å². The molecule has 0 N–H and O–H groups in total. The summed E-state index contributed by atoms with van der Waals surface area (Å²) in [6.45, 7) is 1.84. The Bertz CT molecular complexity index is 724. The van der Waals surface area contributed by atoms with Crippen molar-refractivity contribution in [2.45, 2.75) is 31.6 Å². The van der Waals surface area contributed by atoms with E-state index >= 15 is 0 Å². The second kappa shape index (κ2) is 7.92. The quantitative estimate of drug-likeness (QED) is 0.741. The smallest absolute Gasteiger partial charge is 0.425 e. The summed E-state index contributed by atoms with van der Waals surface area (Å²) >= 11 is 0. The summed E-state index contributed by atoms with van der Waals surface area (Å²) in [5, 5.41) is -2.03. The molecule has 0 saturated heterocycles. The van der Waals surface area contributed by atoms with E-state index in [2.05, 4.69) is 0 Å². The van der Waals surface area contributed by atoms with E-state index in [4.69, 9.17) is 4.74 Å². The highest BCUT2D eigenvalue weighted by atomic mass is 32.2. The minimum absolute atomic E-state index is 0.0491. The first-order chi connectivity index (χ1) is 11.1. The van der Waals surface area contributed by atoms with Crippen LogP contribution in [0.15, 0.2) is 60.7 Å². The number of benzene rings is 2. The molecule has 23 heavy (non-hydrogen) atoms. The van der Waals surface area contributed by atoms with Gasteiger partial charge in [-0.05, 0) is 17.5 Å². The number of rotatable bonds is 6. The average Bonchev–Trinajstić information content (AvgIpc) is 2.59. The molecule has 122 valence electrons. The predicted octanol–water partition coefficient (Wildman–Crippen LogP) is 4.28. The molecular formula is C18H20O4S. The van der Waals surface area contributed by atoms with Crippen molar-refractivity contribution < 1.29 is 17.9 Å². The van der Waals surface area contributed by atoms with E-state index in [0.717, 1.165) is 5.56 Å². The van der Waals surface area contributed by atoms with E-state index in [1.54, 1.807) is 36.4 Å². The van der Waals surface area contributed by atoms with Crippen LogP contribution >= 0.6 is 0 Å². The third-order valence-electron chi connectivity index (χ3n) is 3.53. The molecule has 0 fully saturated rings. The molecule has 0 aromatic heterocycles. The number of carbonyl (C=O) groups is 1. The molecule has 0 saturated carbocycles. The molecule has 5 heteroatoms. The summed E-state index contributed by atoms with van der Waals surface area (Å²) in [7, 11) is -4.05. The molecule has 0 bridgehead atoms. The largest absolute Gasteiger partial charge is 0.449 e. The van der Waals surface area contributed by atoms with Crippen LogP contribution in [0.25, 0.3) is 0 Å². The number of carbonyl (C=O) groups excluding carboxylic acids is 1. The van der Waals surface area contributed by atoms with Gasteiger partial charge in [0.15, 0.2) is 0 Å². The molecule has 1 unspecified atom stereocenters. The number of sulfone groups is 1. The van der Waals surface area contributed by atoms with Crippen molar-refractivity contribution in [3.05, 3.63) is 71.8 Å². The van der Waals surface area contributed by atoms with Gasteiger partial charge in [0, 0.05) is 0 Å². The van der Waals surface area contributed by atoms with Gasteiger partial charge in [0.25, 0.3) is 9.84 Å². The molecule has 0 radical (unpaired) electrons. The van der Waals surface area contributed by atoms with Crippen LogP contribution < -0.4 is 0 Å². The van der Waals surface area contributed by atoms with Crippen LogP contribution in [-0.4, -0.2) is 13.7 Å². The molecule has 0 heterocycles. The second-order valence-electron chi connectivity index (χ2n) is 5.26. The van der Waals surface area contributed by atoms with Gasteiger partial charge in [-0.3, -0.25) is 0 Å². The Balaban J connectivity index is 2.15. The normalized spacial score (nSPS) is 12.6. The molecule has 0 aliphatic rings. The van der Waals surface area contributed by atoms with Crippen LogP contribution in [0.2, 0.25) is 0 Å². The molecule has 0 aliphatic carbocycles. The standard InChI is InChI=1S/C18H20O4S/c1-2-9-17(16-12-7-4-8-13-16)23(20,21)18(19)22-14-15-10-5-3-6-11-15/h3-8,10-13,17H,2,9,14H2,1H3. The van der Waals surface area contributed by atoms with Crippen LogP contribution in [0.5, 0.6) is 0 Å². The first-order valence-corrected chi connectivity index (χ1v) is 9.10. The highest BCUT2D eigenvalue weighted by molar-refractivity contribution is 8.05. The van der Waals surface area contributed by atoms with Crippen molar-refractivity contribution in [1.82, 2.24) is 0 Å². The lowest BCUT2D eigenvalue weighted by Gasteiger charge is -2.16. The first-order valence-electron chi connectivity index (χ1n) is 7.55. The summed E-state index contributed by atoms with van der Waals surface area (Å²) in [6, 6.07) is 17.8. The molecular weight excluding hydrogens is 312 g/mol. The van der Waals surface area contributed by atoms with E-state index < -0.39 is 20.4 Å². The predicted molar refractivity (Wildman–Crippen MR) is 89.6 cm³/mol. The Morgan fingerprint density at radius 1 is 1.00 bits per heavy atom. The molecule has 2 aromatic rings. The summed E-state index contributed by atoms with van der Waals surface area (Å²) < 4.78 is 30.2. The maximum absolute atomic E-state index is 12.6. The summed E-state index contributed by atoms with van der Waals surface area (Å²) in [4.78, 5) is 12.1. The molecule has 2 rings (SSSR count). The number of hydrogen-bond acceptors (Lipinski definition) is 4. The molecule has 0 amide bonds. The van der Waals surface area contributed by atoms with Crippen LogP contribution in [-0.2, 0) is 21.2 Å². The molecule has 1 atom stereocenters. The van der Waals surface area contributed by atoms with Crippen molar-refractivity contribution in [1.29, 1.82) is 0 Å². The Hall–Kier alpha value is -2.14. The third kappa shape index (κ3) is 4.42. The fourth-order valence-corrected chi connectivity index (χ4v) is 3.86. The van der Waals surface area contributed by atoms with E-state index in [9.17, 15) is 13.2 Å². The van der Waals surface area contributed by atoms with Crippen molar-refractivity contribution >= 4 is 15.1 Å². The van der Waals surface area contributed by atoms with Crippen molar-refractivity contribution in [2.75, 3.05) is 0 Å². The van der Waals surface area contributed by atoms with Crippen LogP contribution in [0.1, 0.15) is 36.1 Å². The minimum atomic E-state index is -4.05. The van der Waals surface area contributed by atoms with Gasteiger partial charge in [-0.2, -0.15) is 0 Å². The minimum Gasteiger partial charge on any atom is -0.449 e. The van der Waals surface area contributed by atoms with E-state index in [1.165, 1.54) is 0 Å². The zero-order valence-corrected chi connectivity index (χ0v) is 13.8. The average molecular weight is 332 g/mol. The lowest BCUT2D eigenvalue weighted by Crippen LogP contribution is -2.23. The topological polar surface area (TPSA) is 60.4 Å². The van der Waals surface area contributed by atoms with Gasteiger partial charge >= 0.3 is 5.30 Å². The Morgan fingerprint density at radius 2 is 1.57 bits per heavy atom. The van der Waals surface area contributed by atoms with Crippen LogP contribution in [0.4, 0.5) is 4.79 Å². The molecule has 0 spiro atoms. The lowest BCUT2D eigenvalue weighted by atomic mass is 10.1. The Kier molecular flexibility index (Phi) is 5.93. The number of hydrogen-bond donors (Lipinski definition) is 0. The third-order valence-corrected chi connectivity index (χ3v) is 5.37. The van der Waals surface area contributed by atoms with E-state index in [-0.39, 0.29) is 6.61 Å². The maximum Gasteiger partial charge on any atom is 0.425 e. The van der Waals surface area contributed by atoms with Gasteiger partial charge in [0.2, 0.25) is 0 Å². The second-order valence-corrected chi connectivity index (χ2v) is 7.25. The highest BCUT2D eigenvalue weighted by Crippen LogP contribution is 2.29. The van der Waals surface area contributed by atoms with Gasteiger partial charge in [-0.15, -0.1) is 0 Å². The summed E-state index contributed by atoms with van der Waals surface area (Å²) in [6.07, 6.45) is 1.04. The van der Waals surface area contributed by atoms with Crippen LogP contribution in [0, 0.1) is 0 Å². The van der Waals surface area contributed by atoms with Gasteiger partial charge in [-0.1, -0.05) is 74.0 Å². The van der Waals surface area contributed by atoms with Gasteiger partial charge in [-0.25, -0.2) is 13.2 Å². The lowest BCUT2D eigenvalue weighted by molar-refractivity contribution is 0.165. The Labute approximate surface area is 137 Å². The highest BCUT2D eigenvalue weighted by Gasteiger charge is 2.35. The van der Waals surface area contributed by atoms with E-state index in [0.29, 0.717) is 18.4 Å². The zero-order valence-electron chi connectivity index (χ0n) is 13.0. The van der Waals surface area contributed by atoms with Crippen molar-refractivity contribution in [3.8, 4) is 0 Å². The van der Waals surface area contributed by atoms with Crippen LogP contribution in [0.3, 0.4) is 0 Å². The van der Waals surface area contributed by atoms with Crippen molar-refractivity contribution in [3.63, 3.8) is 0 Å². The fraction of sp³-hybridized carbons (Fsp3) is 0.278. The Morgan fingerprint density at radius 3 is 2.13 bits per heavy atom. The maximum atomic E-state index is 12.6. The molecule has 2 aromatic carbocycles. The zero-order chi connectivity index (χ0) is 16.7. The summed E-state index contributed by atoms with van der Waals surface area (Å²) in [5.74, 6) is 0. The van der Waals surface area contributed by atoms with Gasteiger partial charge in [0.05, 0.1) is 5.25 Å². The molecule has 0 aliphatic heterocycles. The number of ether oxygens (including phenoxy) is 1. The van der Waals surface area contributed by atoms with E-state index in [1.807, 2.05) is 31.2 Å². The molecule has 4 nitrogen and oxygen atoms in total. The monoisotopic (exact) mass is 332 g/mol. The SMILES string of the molecule is CCCC(c1ccccc1)S(=O)(=O)C(=O)OCc1ccccc1.